The van der Waals surface area contributed by atoms with Gasteiger partial charge in [0, 0.05) is 24.5 Å². The van der Waals surface area contributed by atoms with E-state index in [4.69, 9.17) is 15.2 Å². The number of amides is 1. The molecule has 0 spiro atoms. The van der Waals surface area contributed by atoms with Crippen molar-refractivity contribution in [2.24, 2.45) is 0 Å². The Morgan fingerprint density at radius 2 is 1.39 bits per heavy atom. The third kappa shape index (κ3) is 4.43. The van der Waals surface area contributed by atoms with Gasteiger partial charge in [0.15, 0.2) is 11.5 Å². The van der Waals surface area contributed by atoms with Crippen LogP contribution < -0.4 is 20.5 Å². The molecule has 0 atom stereocenters. The van der Waals surface area contributed by atoms with Crippen molar-refractivity contribution in [3.05, 3.63) is 83.9 Å². The minimum Gasteiger partial charge on any atom is -0.493 e. The molecule has 3 aromatic rings. The number of nitrogens with two attached hydrogens (primary N) is 1. The average Bonchev–Trinajstić information content (AvgIpc) is 2.74. The van der Waals surface area contributed by atoms with E-state index in [1.54, 1.807) is 26.4 Å². The maximum absolute atomic E-state index is 12.8. The summed E-state index contributed by atoms with van der Waals surface area (Å²) in [5.74, 6) is 0.847. The van der Waals surface area contributed by atoms with Gasteiger partial charge in [-0.15, -0.1) is 0 Å². The molecule has 0 aromatic heterocycles. The van der Waals surface area contributed by atoms with Crippen LogP contribution in [0, 0.1) is 0 Å². The van der Waals surface area contributed by atoms with E-state index in [9.17, 15) is 4.79 Å². The van der Waals surface area contributed by atoms with Crippen LogP contribution in [0.3, 0.4) is 0 Å². The van der Waals surface area contributed by atoms with Crippen LogP contribution in [-0.4, -0.2) is 20.1 Å². The highest BCUT2D eigenvalue weighted by atomic mass is 16.5. The monoisotopic (exact) mass is 376 g/mol. The summed E-state index contributed by atoms with van der Waals surface area (Å²) in [6, 6.07) is 23.3. The molecule has 0 fully saturated rings. The molecule has 144 valence electrons. The van der Waals surface area contributed by atoms with Gasteiger partial charge in [-0.25, -0.2) is 0 Å². The van der Waals surface area contributed by atoms with Crippen LogP contribution in [0.25, 0.3) is 0 Å². The quantitative estimate of drug-likeness (QED) is 0.598. The van der Waals surface area contributed by atoms with Crippen molar-refractivity contribution in [2.75, 3.05) is 25.3 Å². The van der Waals surface area contributed by atoms with Crippen molar-refractivity contribution >= 4 is 17.3 Å². The molecule has 0 aliphatic heterocycles. The first kappa shape index (κ1) is 19.3. The average molecular weight is 376 g/mol. The van der Waals surface area contributed by atoms with E-state index in [0.717, 1.165) is 11.1 Å². The van der Waals surface area contributed by atoms with Crippen molar-refractivity contribution < 1.29 is 14.3 Å². The van der Waals surface area contributed by atoms with Gasteiger partial charge in [0.25, 0.3) is 0 Å². The summed E-state index contributed by atoms with van der Waals surface area (Å²) in [5, 5.41) is 2.91. The molecule has 5 nitrogen and oxygen atoms in total. The number of hydrogen-bond donors (Lipinski definition) is 2. The van der Waals surface area contributed by atoms with Crippen molar-refractivity contribution in [1.29, 1.82) is 0 Å². The van der Waals surface area contributed by atoms with Crippen LogP contribution in [0.5, 0.6) is 11.5 Å². The molecule has 3 aromatic carbocycles. The predicted molar refractivity (Wildman–Crippen MR) is 112 cm³/mol. The summed E-state index contributed by atoms with van der Waals surface area (Å²) >= 11 is 0. The smallest absolute Gasteiger partial charge is 0.225 e. The SMILES string of the molecule is COc1cc(N)c(NC(=O)CC(c2ccccc2)c2ccccc2)cc1OC. The summed E-state index contributed by atoms with van der Waals surface area (Å²) in [6.07, 6.45) is 0.293. The Hall–Kier alpha value is -3.47. The van der Waals surface area contributed by atoms with E-state index < -0.39 is 0 Å². The van der Waals surface area contributed by atoms with Gasteiger partial charge in [0.1, 0.15) is 0 Å². The van der Waals surface area contributed by atoms with Crippen LogP contribution in [0.15, 0.2) is 72.8 Å². The molecule has 1 amide bonds. The Morgan fingerprint density at radius 3 is 1.89 bits per heavy atom. The third-order valence-electron chi connectivity index (χ3n) is 4.62. The van der Waals surface area contributed by atoms with E-state index >= 15 is 0 Å². The first-order valence-corrected chi connectivity index (χ1v) is 9.03. The first-order chi connectivity index (χ1) is 13.6. The normalized spacial score (nSPS) is 10.5. The number of carbonyl (C=O) groups is 1. The molecule has 3 N–H and O–H groups in total. The molecular weight excluding hydrogens is 352 g/mol. The lowest BCUT2D eigenvalue weighted by molar-refractivity contribution is -0.116. The van der Waals surface area contributed by atoms with Gasteiger partial charge in [0.05, 0.1) is 25.6 Å². The lowest BCUT2D eigenvalue weighted by Gasteiger charge is -2.19. The molecule has 0 saturated carbocycles. The number of methoxy groups -OCH3 is 2. The van der Waals surface area contributed by atoms with E-state index in [-0.39, 0.29) is 11.8 Å². The lowest BCUT2D eigenvalue weighted by atomic mass is 9.88. The molecule has 3 rings (SSSR count). The van der Waals surface area contributed by atoms with Gasteiger partial charge in [0.2, 0.25) is 5.91 Å². The lowest BCUT2D eigenvalue weighted by Crippen LogP contribution is -2.17. The highest BCUT2D eigenvalue weighted by Gasteiger charge is 2.19. The zero-order chi connectivity index (χ0) is 19.9. The third-order valence-corrected chi connectivity index (χ3v) is 4.62. The molecule has 0 unspecified atom stereocenters. The van der Waals surface area contributed by atoms with E-state index in [2.05, 4.69) is 5.32 Å². The minimum absolute atomic E-state index is 0.0521. The Morgan fingerprint density at radius 1 is 0.893 bits per heavy atom. The molecule has 0 saturated heterocycles. The number of nitrogen functional groups attached to an aromatic ring is 1. The summed E-state index contributed by atoms with van der Waals surface area (Å²) < 4.78 is 10.5. The second-order valence-corrected chi connectivity index (χ2v) is 6.42. The summed E-state index contributed by atoms with van der Waals surface area (Å²) in [5.41, 5.74) is 9.17. The number of ether oxygens (including phenoxy) is 2. The Bertz CT molecular complexity index is 888. The molecule has 5 heteroatoms. The van der Waals surface area contributed by atoms with Crippen molar-refractivity contribution in [2.45, 2.75) is 12.3 Å². The Kier molecular flexibility index (Phi) is 6.17. The zero-order valence-corrected chi connectivity index (χ0v) is 16.0. The van der Waals surface area contributed by atoms with Gasteiger partial charge < -0.3 is 20.5 Å². The fourth-order valence-electron chi connectivity index (χ4n) is 3.19. The fraction of sp³-hybridized carbons (Fsp3) is 0.174. The number of anilines is 2. The topological polar surface area (TPSA) is 73.6 Å². The molecule has 28 heavy (non-hydrogen) atoms. The summed E-state index contributed by atoms with van der Waals surface area (Å²) in [4.78, 5) is 12.8. The highest BCUT2D eigenvalue weighted by Crippen LogP contribution is 2.35. The van der Waals surface area contributed by atoms with Crippen LogP contribution in [0.4, 0.5) is 11.4 Å². The number of benzene rings is 3. The van der Waals surface area contributed by atoms with Crippen molar-refractivity contribution in [3.63, 3.8) is 0 Å². The van der Waals surface area contributed by atoms with Crippen LogP contribution in [-0.2, 0) is 4.79 Å². The van der Waals surface area contributed by atoms with Gasteiger partial charge in [-0.1, -0.05) is 60.7 Å². The largest absolute Gasteiger partial charge is 0.493 e. The van der Waals surface area contributed by atoms with E-state index in [1.165, 1.54) is 0 Å². The maximum Gasteiger partial charge on any atom is 0.225 e. The van der Waals surface area contributed by atoms with Gasteiger partial charge in [-0.2, -0.15) is 0 Å². The second-order valence-electron chi connectivity index (χ2n) is 6.42. The Labute approximate surface area is 165 Å². The second kappa shape index (κ2) is 8.95. The first-order valence-electron chi connectivity index (χ1n) is 9.03. The zero-order valence-electron chi connectivity index (χ0n) is 16.0. The Balaban J connectivity index is 1.84. The maximum atomic E-state index is 12.8. The predicted octanol–water partition coefficient (Wildman–Crippen LogP) is 4.45. The molecule has 0 aliphatic rings. The number of nitrogens with one attached hydrogen (secondary N) is 1. The van der Waals surface area contributed by atoms with Crippen LogP contribution in [0.1, 0.15) is 23.5 Å². The van der Waals surface area contributed by atoms with E-state index in [1.807, 2.05) is 60.7 Å². The summed E-state index contributed by atoms with van der Waals surface area (Å²) in [7, 11) is 3.08. The molecule has 0 aliphatic carbocycles. The van der Waals surface area contributed by atoms with Crippen LogP contribution >= 0.6 is 0 Å². The van der Waals surface area contributed by atoms with Gasteiger partial charge >= 0.3 is 0 Å². The number of rotatable bonds is 7. The van der Waals surface area contributed by atoms with Crippen LogP contribution in [0.2, 0.25) is 0 Å². The number of hydrogen-bond acceptors (Lipinski definition) is 4. The summed E-state index contributed by atoms with van der Waals surface area (Å²) in [6.45, 7) is 0. The molecule has 0 radical (unpaired) electrons. The standard InChI is InChI=1S/C23H24N2O3/c1-27-21-14-19(24)20(15-22(21)28-2)25-23(26)13-18(16-9-5-3-6-10-16)17-11-7-4-8-12-17/h3-12,14-15,18H,13,24H2,1-2H3,(H,25,26). The molecular formula is C23H24N2O3. The van der Waals surface area contributed by atoms with Gasteiger partial charge in [-0.3, -0.25) is 4.79 Å². The number of carbonyl (C=O) groups excluding carboxylic acids is 1. The van der Waals surface area contributed by atoms with Crippen molar-refractivity contribution in [1.82, 2.24) is 0 Å². The molecule has 0 heterocycles. The van der Waals surface area contributed by atoms with E-state index in [0.29, 0.717) is 29.3 Å². The van der Waals surface area contributed by atoms with Gasteiger partial charge in [-0.05, 0) is 11.1 Å². The minimum atomic E-state index is -0.128. The highest BCUT2D eigenvalue weighted by molar-refractivity contribution is 5.95. The fourth-order valence-corrected chi connectivity index (χ4v) is 3.19. The molecule has 0 bridgehead atoms. The van der Waals surface area contributed by atoms with Crippen molar-refractivity contribution in [3.8, 4) is 11.5 Å².